The lowest BCUT2D eigenvalue weighted by Gasteiger charge is -2.10. The first kappa shape index (κ1) is 22.5. The summed E-state index contributed by atoms with van der Waals surface area (Å²) in [5, 5.41) is -0.846. The van der Waals surface area contributed by atoms with E-state index >= 15 is 0 Å². The molecule has 1 aromatic heterocycles. The second-order valence-electron chi connectivity index (χ2n) is 6.68. The number of carbonyl (C=O) groups excluding carboxylic acids is 2. The molecule has 0 amide bonds. The summed E-state index contributed by atoms with van der Waals surface area (Å²) in [6, 6.07) is 9.90. The van der Waals surface area contributed by atoms with Crippen molar-refractivity contribution in [2.24, 2.45) is 0 Å². The van der Waals surface area contributed by atoms with Crippen LogP contribution in [0.1, 0.15) is 38.9 Å². The molecule has 0 aliphatic rings. The van der Waals surface area contributed by atoms with E-state index in [0.717, 1.165) is 30.0 Å². The van der Waals surface area contributed by atoms with Crippen molar-refractivity contribution in [3.63, 3.8) is 0 Å². The van der Waals surface area contributed by atoms with E-state index in [4.69, 9.17) is 16.3 Å². The smallest absolute Gasteiger partial charge is 0.364 e. The Balaban J connectivity index is 1.91. The van der Waals surface area contributed by atoms with Gasteiger partial charge in [0.1, 0.15) is 11.6 Å². The number of benzene rings is 2. The number of carbonyl (C=O) groups is 2. The molecule has 7 nitrogen and oxygen atoms in total. The van der Waals surface area contributed by atoms with Crippen LogP contribution in [0.25, 0.3) is 0 Å². The molecule has 0 saturated carbocycles. The van der Waals surface area contributed by atoms with Crippen LogP contribution in [-0.4, -0.2) is 30.1 Å². The normalized spacial score (nSPS) is 11.2. The molecular formula is C21H16ClFN2O5S. The molecule has 0 unspecified atom stereocenters. The molecule has 0 spiro atoms. The highest BCUT2D eigenvalue weighted by molar-refractivity contribution is 7.90. The maximum atomic E-state index is 13.4. The first-order valence-corrected chi connectivity index (χ1v) is 10.9. The Labute approximate surface area is 182 Å². The number of ether oxygens (including phenoxy) is 1. The number of esters is 1. The Kier molecular flexibility index (Phi) is 6.47. The van der Waals surface area contributed by atoms with E-state index in [0.29, 0.717) is 5.56 Å². The second-order valence-corrected chi connectivity index (χ2v) is 8.97. The lowest BCUT2D eigenvalue weighted by atomic mass is 10.1. The van der Waals surface area contributed by atoms with Crippen molar-refractivity contribution in [3.8, 4) is 5.75 Å². The van der Waals surface area contributed by atoms with E-state index in [1.807, 2.05) is 6.92 Å². The Hall–Kier alpha value is -3.17. The molecule has 1 heterocycles. The van der Waals surface area contributed by atoms with Crippen LogP contribution in [0.2, 0.25) is 5.02 Å². The Morgan fingerprint density at radius 2 is 1.81 bits per heavy atom. The van der Waals surface area contributed by atoms with E-state index in [1.54, 1.807) is 24.3 Å². The quantitative estimate of drug-likeness (QED) is 0.236. The highest BCUT2D eigenvalue weighted by atomic mass is 35.5. The molecule has 0 aliphatic carbocycles. The minimum Gasteiger partial charge on any atom is -0.421 e. The summed E-state index contributed by atoms with van der Waals surface area (Å²) in [7, 11) is -3.99. The average molecular weight is 463 g/mol. The zero-order valence-corrected chi connectivity index (χ0v) is 18.0. The molecule has 160 valence electrons. The summed E-state index contributed by atoms with van der Waals surface area (Å²) in [6.45, 7) is 3.05. The third kappa shape index (κ3) is 5.31. The number of Topliss-reactive ketones (excluding diaryl/α,β-unsaturated/α-hetero) is 1. The first-order valence-electron chi connectivity index (χ1n) is 8.90. The number of rotatable bonds is 6. The van der Waals surface area contributed by atoms with Gasteiger partial charge in [0.05, 0.1) is 22.5 Å². The fourth-order valence-corrected chi connectivity index (χ4v) is 4.00. The number of ketones is 1. The molecule has 3 rings (SSSR count). The minimum absolute atomic E-state index is 0.161. The van der Waals surface area contributed by atoms with Crippen LogP contribution < -0.4 is 4.74 Å². The van der Waals surface area contributed by atoms with Gasteiger partial charge < -0.3 is 4.74 Å². The first-order chi connectivity index (χ1) is 14.6. The molecule has 0 bridgehead atoms. The molecule has 0 N–H and O–H groups in total. The van der Waals surface area contributed by atoms with Gasteiger partial charge in [-0.2, -0.15) is 0 Å². The summed E-state index contributed by atoms with van der Waals surface area (Å²) in [5.41, 5.74) is 0.828. The third-order valence-corrected chi connectivity index (χ3v) is 5.94. The van der Waals surface area contributed by atoms with Gasteiger partial charge in [-0.3, -0.25) is 4.79 Å². The zero-order valence-electron chi connectivity index (χ0n) is 16.4. The summed E-state index contributed by atoms with van der Waals surface area (Å²) in [4.78, 5) is 31.8. The van der Waals surface area contributed by atoms with E-state index in [9.17, 15) is 22.4 Å². The monoisotopic (exact) mass is 462 g/mol. The van der Waals surface area contributed by atoms with Crippen molar-refractivity contribution in [2.45, 2.75) is 24.8 Å². The Morgan fingerprint density at radius 1 is 1.13 bits per heavy atom. The molecule has 31 heavy (non-hydrogen) atoms. The Morgan fingerprint density at radius 3 is 2.45 bits per heavy atom. The second kappa shape index (κ2) is 8.91. The SMILES string of the molecule is CC(=O)c1cc(F)ccc1OC(=O)c1nc(S(=O)(=O)Cc2ccc(C)cc2)ncc1Cl. The van der Waals surface area contributed by atoms with Crippen molar-refractivity contribution in [1.82, 2.24) is 9.97 Å². The summed E-state index contributed by atoms with van der Waals surface area (Å²) >= 11 is 5.96. The molecular weight excluding hydrogens is 447 g/mol. The van der Waals surface area contributed by atoms with E-state index in [1.165, 1.54) is 6.92 Å². The third-order valence-electron chi connectivity index (χ3n) is 4.19. The molecule has 2 aromatic carbocycles. The van der Waals surface area contributed by atoms with Gasteiger partial charge >= 0.3 is 5.97 Å². The highest BCUT2D eigenvalue weighted by Gasteiger charge is 2.25. The summed E-state index contributed by atoms with van der Waals surface area (Å²) in [6.07, 6.45) is 0.976. The lowest BCUT2D eigenvalue weighted by Crippen LogP contribution is -2.17. The minimum atomic E-state index is -3.99. The predicted molar refractivity (Wildman–Crippen MR) is 110 cm³/mol. The average Bonchev–Trinajstić information content (AvgIpc) is 2.70. The van der Waals surface area contributed by atoms with Gasteiger partial charge in [0.15, 0.2) is 11.5 Å². The number of sulfone groups is 1. The number of aromatic nitrogens is 2. The fourth-order valence-electron chi connectivity index (χ4n) is 2.63. The number of aryl methyl sites for hydroxylation is 1. The zero-order chi connectivity index (χ0) is 22.8. The Bertz CT molecular complexity index is 1280. The standard InChI is InChI=1S/C21H16ClFN2O5S/c1-12-3-5-14(6-4-12)11-31(28,29)21-24-10-17(22)19(25-21)20(27)30-18-8-7-15(23)9-16(18)13(2)26/h3-10H,11H2,1-2H3. The molecule has 3 aromatic rings. The predicted octanol–water partition coefficient (Wildman–Crippen LogP) is 3.97. The molecule has 10 heteroatoms. The van der Waals surface area contributed by atoms with Crippen molar-refractivity contribution < 1.29 is 27.1 Å². The van der Waals surface area contributed by atoms with Crippen LogP contribution in [0, 0.1) is 12.7 Å². The number of hydrogen-bond donors (Lipinski definition) is 0. The van der Waals surface area contributed by atoms with Crippen LogP contribution in [0.4, 0.5) is 4.39 Å². The van der Waals surface area contributed by atoms with Gasteiger partial charge in [0, 0.05) is 0 Å². The van der Waals surface area contributed by atoms with Gasteiger partial charge in [-0.25, -0.2) is 27.6 Å². The largest absolute Gasteiger partial charge is 0.421 e. The highest BCUT2D eigenvalue weighted by Crippen LogP contribution is 2.24. The molecule has 0 radical (unpaired) electrons. The lowest BCUT2D eigenvalue weighted by molar-refractivity contribution is 0.0725. The van der Waals surface area contributed by atoms with Gasteiger partial charge in [-0.15, -0.1) is 0 Å². The topological polar surface area (TPSA) is 103 Å². The molecule has 0 saturated heterocycles. The van der Waals surface area contributed by atoms with Gasteiger partial charge in [0.25, 0.3) is 0 Å². The molecule has 0 atom stereocenters. The van der Waals surface area contributed by atoms with Crippen LogP contribution in [0.3, 0.4) is 0 Å². The van der Waals surface area contributed by atoms with Crippen molar-refractivity contribution in [3.05, 3.63) is 81.9 Å². The van der Waals surface area contributed by atoms with Gasteiger partial charge in [0.2, 0.25) is 15.0 Å². The summed E-state index contributed by atoms with van der Waals surface area (Å²) in [5.74, 6) is -2.92. The van der Waals surface area contributed by atoms with E-state index in [-0.39, 0.29) is 22.1 Å². The van der Waals surface area contributed by atoms with E-state index in [2.05, 4.69) is 9.97 Å². The summed E-state index contributed by atoms with van der Waals surface area (Å²) < 4.78 is 44.0. The number of hydrogen-bond acceptors (Lipinski definition) is 7. The maximum Gasteiger partial charge on any atom is 0.364 e. The van der Waals surface area contributed by atoms with Crippen LogP contribution in [0.5, 0.6) is 5.75 Å². The van der Waals surface area contributed by atoms with Gasteiger partial charge in [-0.1, -0.05) is 41.4 Å². The molecule has 0 fully saturated rings. The van der Waals surface area contributed by atoms with E-state index < -0.39 is 38.3 Å². The fraction of sp³-hybridized carbons (Fsp3) is 0.143. The van der Waals surface area contributed by atoms with Crippen LogP contribution >= 0.6 is 11.6 Å². The van der Waals surface area contributed by atoms with Crippen molar-refractivity contribution in [1.29, 1.82) is 0 Å². The van der Waals surface area contributed by atoms with Crippen LogP contribution in [-0.2, 0) is 15.6 Å². The molecule has 0 aliphatic heterocycles. The maximum absolute atomic E-state index is 13.4. The number of nitrogens with zero attached hydrogens (tertiary/aromatic N) is 2. The van der Waals surface area contributed by atoms with Crippen molar-refractivity contribution in [2.75, 3.05) is 0 Å². The van der Waals surface area contributed by atoms with Crippen LogP contribution in [0.15, 0.2) is 53.8 Å². The number of halogens is 2. The van der Waals surface area contributed by atoms with Crippen molar-refractivity contribution >= 4 is 33.2 Å². The van der Waals surface area contributed by atoms with Gasteiger partial charge in [-0.05, 0) is 37.6 Å².